The summed E-state index contributed by atoms with van der Waals surface area (Å²) in [6.45, 7) is 3.38. The Hall–Kier alpha value is -1.90. The molecule has 2 aliphatic heterocycles. The Bertz CT molecular complexity index is 831. The number of carbonyl (C=O) groups excluding carboxylic acids is 2. The van der Waals surface area contributed by atoms with E-state index in [0.29, 0.717) is 25.2 Å². The van der Waals surface area contributed by atoms with Crippen molar-refractivity contribution >= 4 is 21.7 Å². The Labute approximate surface area is 160 Å². The first kappa shape index (κ1) is 19.9. The van der Waals surface area contributed by atoms with Crippen molar-refractivity contribution in [1.29, 1.82) is 0 Å². The summed E-state index contributed by atoms with van der Waals surface area (Å²) < 4.78 is 25.1. The van der Waals surface area contributed by atoms with Crippen molar-refractivity contribution in [3.8, 4) is 0 Å². The minimum Gasteiger partial charge on any atom is -0.346 e. The quantitative estimate of drug-likeness (QED) is 0.773. The molecule has 0 spiro atoms. The summed E-state index contributed by atoms with van der Waals surface area (Å²) in [5, 5.41) is 2.79. The zero-order chi connectivity index (χ0) is 19.6. The third-order valence-electron chi connectivity index (χ3n) is 5.28. The standard InChI is InChI=1S/C18H28N4O4S/c1-3-4-9-21(2)18(24)15-14-7-5-6-10-22(14)16(20-15)17(23)19-13-8-11-27(25,26)12-13/h13H,3-12H2,1-2H3,(H,19,23). The third kappa shape index (κ3) is 4.34. The molecule has 0 saturated carbocycles. The van der Waals surface area contributed by atoms with Gasteiger partial charge in [-0.1, -0.05) is 13.3 Å². The van der Waals surface area contributed by atoms with Gasteiger partial charge in [-0.15, -0.1) is 0 Å². The summed E-state index contributed by atoms with van der Waals surface area (Å²) in [5.41, 5.74) is 1.18. The van der Waals surface area contributed by atoms with Gasteiger partial charge in [0.15, 0.2) is 15.7 Å². The summed E-state index contributed by atoms with van der Waals surface area (Å²) in [5.74, 6) is -0.255. The van der Waals surface area contributed by atoms with E-state index in [1.54, 1.807) is 11.9 Å². The number of rotatable bonds is 6. The number of nitrogens with one attached hydrogen (secondary N) is 1. The van der Waals surface area contributed by atoms with Gasteiger partial charge in [0.05, 0.1) is 17.2 Å². The van der Waals surface area contributed by atoms with Crippen LogP contribution in [0, 0.1) is 0 Å². The molecule has 1 fully saturated rings. The molecule has 2 amide bonds. The van der Waals surface area contributed by atoms with Crippen LogP contribution in [0.2, 0.25) is 0 Å². The third-order valence-corrected chi connectivity index (χ3v) is 7.05. The van der Waals surface area contributed by atoms with Crippen LogP contribution >= 0.6 is 0 Å². The van der Waals surface area contributed by atoms with E-state index in [2.05, 4.69) is 17.2 Å². The van der Waals surface area contributed by atoms with Crippen molar-refractivity contribution in [1.82, 2.24) is 19.8 Å². The van der Waals surface area contributed by atoms with Crippen molar-refractivity contribution in [3.05, 3.63) is 17.2 Å². The molecule has 3 heterocycles. The van der Waals surface area contributed by atoms with Crippen LogP contribution in [0.4, 0.5) is 0 Å². The van der Waals surface area contributed by atoms with Crippen molar-refractivity contribution in [2.45, 2.75) is 58.0 Å². The molecule has 1 unspecified atom stereocenters. The van der Waals surface area contributed by atoms with E-state index in [1.165, 1.54) is 0 Å². The number of carbonyl (C=O) groups is 2. The van der Waals surface area contributed by atoms with E-state index < -0.39 is 15.7 Å². The normalized spacial score (nSPS) is 20.9. The lowest BCUT2D eigenvalue weighted by Crippen LogP contribution is -2.37. The highest BCUT2D eigenvalue weighted by molar-refractivity contribution is 7.91. The number of hydrogen-bond donors (Lipinski definition) is 1. The number of fused-ring (bicyclic) bond motifs is 1. The fraction of sp³-hybridized carbons (Fsp3) is 0.722. The van der Waals surface area contributed by atoms with Crippen LogP contribution in [0.3, 0.4) is 0 Å². The van der Waals surface area contributed by atoms with Crippen LogP contribution in [-0.4, -0.2) is 65.8 Å². The molecule has 1 aromatic heterocycles. The first-order valence-electron chi connectivity index (χ1n) is 9.68. The first-order chi connectivity index (χ1) is 12.8. The van der Waals surface area contributed by atoms with E-state index in [1.807, 2.05) is 4.57 Å². The van der Waals surface area contributed by atoms with E-state index >= 15 is 0 Å². The van der Waals surface area contributed by atoms with E-state index in [4.69, 9.17) is 0 Å². The molecule has 0 bridgehead atoms. The molecule has 0 radical (unpaired) electrons. The monoisotopic (exact) mass is 396 g/mol. The molecular weight excluding hydrogens is 368 g/mol. The van der Waals surface area contributed by atoms with Gasteiger partial charge >= 0.3 is 0 Å². The fourth-order valence-electron chi connectivity index (χ4n) is 3.72. The number of amides is 2. The molecule has 3 rings (SSSR count). The van der Waals surface area contributed by atoms with Crippen molar-refractivity contribution < 1.29 is 18.0 Å². The Kier molecular flexibility index (Phi) is 5.88. The van der Waals surface area contributed by atoms with Crippen LogP contribution in [0.5, 0.6) is 0 Å². The first-order valence-corrected chi connectivity index (χ1v) is 11.5. The van der Waals surface area contributed by atoms with Gasteiger partial charge in [0.1, 0.15) is 5.69 Å². The second-order valence-electron chi connectivity index (χ2n) is 7.49. The van der Waals surface area contributed by atoms with Crippen LogP contribution in [-0.2, 0) is 22.8 Å². The van der Waals surface area contributed by atoms with Gasteiger partial charge in [-0.05, 0) is 32.1 Å². The Morgan fingerprint density at radius 1 is 1.33 bits per heavy atom. The second kappa shape index (κ2) is 8.00. The van der Waals surface area contributed by atoms with Crippen molar-refractivity contribution in [3.63, 3.8) is 0 Å². The van der Waals surface area contributed by atoms with Gasteiger partial charge in [-0.2, -0.15) is 0 Å². The predicted octanol–water partition coefficient (Wildman–Crippen LogP) is 1.01. The van der Waals surface area contributed by atoms with Gasteiger partial charge in [-0.25, -0.2) is 13.4 Å². The fourth-order valence-corrected chi connectivity index (χ4v) is 5.40. The summed E-state index contributed by atoms with van der Waals surface area (Å²) in [7, 11) is -1.31. The Balaban J connectivity index is 1.82. The van der Waals surface area contributed by atoms with Gasteiger partial charge in [-0.3, -0.25) is 9.59 Å². The largest absolute Gasteiger partial charge is 0.346 e. The number of sulfone groups is 1. The number of nitrogens with zero attached hydrogens (tertiary/aromatic N) is 3. The predicted molar refractivity (Wildman–Crippen MR) is 102 cm³/mol. The van der Waals surface area contributed by atoms with Crippen molar-refractivity contribution in [2.24, 2.45) is 0 Å². The highest BCUT2D eigenvalue weighted by Gasteiger charge is 2.33. The molecule has 1 aromatic rings. The lowest BCUT2D eigenvalue weighted by atomic mass is 10.1. The maximum absolute atomic E-state index is 12.8. The van der Waals surface area contributed by atoms with Gasteiger partial charge < -0.3 is 14.8 Å². The maximum atomic E-state index is 12.8. The molecular formula is C18H28N4O4S. The zero-order valence-corrected chi connectivity index (χ0v) is 16.8. The van der Waals surface area contributed by atoms with E-state index in [9.17, 15) is 18.0 Å². The van der Waals surface area contributed by atoms with Gasteiger partial charge in [0, 0.05) is 26.2 Å². The molecule has 9 heteroatoms. The Morgan fingerprint density at radius 2 is 2.11 bits per heavy atom. The minimum atomic E-state index is -3.07. The Morgan fingerprint density at radius 3 is 2.78 bits per heavy atom. The molecule has 0 aromatic carbocycles. The number of hydrogen-bond acceptors (Lipinski definition) is 5. The number of imidazole rings is 1. The molecule has 1 N–H and O–H groups in total. The summed E-state index contributed by atoms with van der Waals surface area (Å²) in [4.78, 5) is 31.6. The summed E-state index contributed by atoms with van der Waals surface area (Å²) in [6, 6.07) is -0.384. The van der Waals surface area contributed by atoms with Gasteiger partial charge in [0.2, 0.25) is 0 Å². The molecule has 1 saturated heterocycles. The smallest absolute Gasteiger partial charge is 0.287 e. The topological polar surface area (TPSA) is 101 Å². The molecule has 8 nitrogen and oxygen atoms in total. The maximum Gasteiger partial charge on any atom is 0.287 e. The lowest BCUT2D eigenvalue weighted by molar-refractivity contribution is 0.0786. The van der Waals surface area contributed by atoms with Gasteiger partial charge in [0.25, 0.3) is 11.8 Å². The number of aromatic nitrogens is 2. The summed E-state index contributed by atoms with van der Waals surface area (Å²) >= 11 is 0. The average Bonchev–Trinajstić information content (AvgIpc) is 3.19. The van der Waals surface area contributed by atoms with E-state index in [-0.39, 0.29) is 29.3 Å². The lowest BCUT2D eigenvalue weighted by Gasteiger charge is -2.19. The molecule has 150 valence electrons. The highest BCUT2D eigenvalue weighted by atomic mass is 32.2. The summed E-state index contributed by atoms with van der Waals surface area (Å²) in [6.07, 6.45) is 4.96. The van der Waals surface area contributed by atoms with Crippen LogP contribution in [0.15, 0.2) is 0 Å². The molecule has 0 aliphatic carbocycles. The number of unbranched alkanes of at least 4 members (excludes halogenated alkanes) is 1. The highest BCUT2D eigenvalue weighted by Crippen LogP contribution is 2.23. The van der Waals surface area contributed by atoms with Crippen molar-refractivity contribution in [2.75, 3.05) is 25.1 Å². The SMILES string of the molecule is CCCCN(C)C(=O)c1nc(C(=O)NC2CCS(=O)(=O)C2)n2c1CCCC2. The molecule has 27 heavy (non-hydrogen) atoms. The van der Waals surface area contributed by atoms with E-state index in [0.717, 1.165) is 37.8 Å². The van der Waals surface area contributed by atoms with Crippen LogP contribution in [0.1, 0.15) is 65.8 Å². The van der Waals surface area contributed by atoms with Crippen LogP contribution in [0.25, 0.3) is 0 Å². The molecule has 2 aliphatic rings. The second-order valence-corrected chi connectivity index (χ2v) is 9.72. The zero-order valence-electron chi connectivity index (χ0n) is 16.0. The average molecular weight is 397 g/mol. The van der Waals surface area contributed by atoms with Crippen LogP contribution < -0.4 is 5.32 Å². The minimum absolute atomic E-state index is 0.0299. The molecule has 1 atom stereocenters.